The van der Waals surface area contributed by atoms with E-state index in [1.54, 1.807) is 0 Å². The van der Waals surface area contributed by atoms with Crippen molar-refractivity contribution >= 4 is 50.5 Å². The van der Waals surface area contributed by atoms with Crippen LogP contribution in [0.3, 0.4) is 0 Å². The van der Waals surface area contributed by atoms with Gasteiger partial charge in [-0.1, -0.05) is 53.2 Å². The van der Waals surface area contributed by atoms with Gasteiger partial charge in [0.1, 0.15) is 0 Å². The minimum Gasteiger partial charge on any atom is -0.300 e. The Bertz CT molecular complexity index is 797. The van der Waals surface area contributed by atoms with E-state index in [0.29, 0.717) is 10.1 Å². The fourth-order valence-corrected chi connectivity index (χ4v) is 3.32. The third-order valence-electron chi connectivity index (χ3n) is 3.41. The summed E-state index contributed by atoms with van der Waals surface area (Å²) in [7, 11) is 0. The monoisotopic (exact) mass is 386 g/mol. The molecule has 3 nitrogen and oxygen atoms in total. The Balaban J connectivity index is 1.84. The summed E-state index contributed by atoms with van der Waals surface area (Å²) < 4.78 is 1.02. The maximum atomic E-state index is 12.1. The Labute approximate surface area is 148 Å². The van der Waals surface area contributed by atoms with Crippen molar-refractivity contribution in [1.82, 2.24) is 5.32 Å². The lowest BCUT2D eigenvalue weighted by Crippen LogP contribution is -2.19. The molecule has 1 aliphatic heterocycles. The molecule has 1 saturated heterocycles. The summed E-state index contributed by atoms with van der Waals surface area (Å²) in [4.78, 5) is 17.3. The zero-order chi connectivity index (χ0) is 16.2. The smallest absolute Gasteiger partial charge is 0.264 e. The van der Waals surface area contributed by atoms with E-state index in [4.69, 9.17) is 0 Å². The number of para-hydroxylation sites is 1. The van der Waals surface area contributed by atoms with Gasteiger partial charge in [-0.3, -0.25) is 4.79 Å². The minimum atomic E-state index is -0.106. The third-order valence-corrected chi connectivity index (χ3v) is 4.85. The van der Waals surface area contributed by atoms with E-state index < -0.39 is 0 Å². The van der Waals surface area contributed by atoms with E-state index in [0.717, 1.165) is 22.1 Å². The van der Waals surface area contributed by atoms with Crippen LogP contribution in [-0.4, -0.2) is 11.1 Å². The first kappa shape index (κ1) is 16.0. The first-order valence-electron chi connectivity index (χ1n) is 7.29. The highest BCUT2D eigenvalue weighted by molar-refractivity contribution is 9.10. The lowest BCUT2D eigenvalue weighted by Gasteiger charge is -2.02. The molecule has 0 spiro atoms. The van der Waals surface area contributed by atoms with Gasteiger partial charge in [-0.2, -0.15) is 0 Å². The van der Waals surface area contributed by atoms with Crippen molar-refractivity contribution in [1.29, 1.82) is 0 Å². The normalized spacial score (nSPS) is 17.7. The van der Waals surface area contributed by atoms with E-state index in [1.807, 2.05) is 48.5 Å². The SMILES string of the molecule is CCc1ccccc1N=C1NC(=O)/C(=C\c2ccc(Br)cc2)S1. The molecule has 5 heteroatoms. The Hall–Kier alpha value is -1.85. The molecule has 2 aromatic rings. The molecule has 0 saturated carbocycles. The summed E-state index contributed by atoms with van der Waals surface area (Å²) in [6.45, 7) is 2.10. The molecule has 1 aliphatic rings. The maximum absolute atomic E-state index is 12.1. The number of rotatable bonds is 3. The second-order valence-electron chi connectivity index (χ2n) is 5.02. The molecule has 1 fully saturated rings. The molecule has 0 aliphatic carbocycles. The lowest BCUT2D eigenvalue weighted by molar-refractivity contribution is -0.115. The van der Waals surface area contributed by atoms with E-state index in [9.17, 15) is 4.79 Å². The maximum Gasteiger partial charge on any atom is 0.264 e. The van der Waals surface area contributed by atoms with Crippen LogP contribution in [0.5, 0.6) is 0 Å². The van der Waals surface area contributed by atoms with Crippen molar-refractivity contribution < 1.29 is 4.79 Å². The number of amidine groups is 1. The van der Waals surface area contributed by atoms with Crippen LogP contribution >= 0.6 is 27.7 Å². The Morgan fingerprint density at radius 3 is 2.65 bits per heavy atom. The molecule has 116 valence electrons. The summed E-state index contributed by atoms with van der Waals surface area (Å²) in [5.74, 6) is -0.106. The van der Waals surface area contributed by atoms with Crippen LogP contribution in [0.1, 0.15) is 18.1 Å². The van der Waals surface area contributed by atoms with Crippen molar-refractivity contribution in [3.8, 4) is 0 Å². The summed E-state index contributed by atoms with van der Waals surface area (Å²) in [5.41, 5.74) is 3.06. The van der Waals surface area contributed by atoms with Crippen molar-refractivity contribution in [2.24, 2.45) is 4.99 Å². The van der Waals surface area contributed by atoms with Gasteiger partial charge in [-0.15, -0.1) is 0 Å². The minimum absolute atomic E-state index is 0.106. The highest BCUT2D eigenvalue weighted by Gasteiger charge is 2.23. The number of hydrogen-bond acceptors (Lipinski definition) is 3. The molecule has 0 radical (unpaired) electrons. The summed E-state index contributed by atoms with van der Waals surface area (Å²) in [6, 6.07) is 15.8. The van der Waals surface area contributed by atoms with Crippen LogP contribution in [0, 0.1) is 0 Å². The fourth-order valence-electron chi connectivity index (χ4n) is 2.22. The molecule has 0 atom stereocenters. The van der Waals surface area contributed by atoms with Crippen molar-refractivity contribution in [2.75, 3.05) is 0 Å². The fraction of sp³-hybridized carbons (Fsp3) is 0.111. The number of aryl methyl sites for hydroxylation is 1. The number of benzene rings is 2. The molecule has 3 rings (SSSR count). The third kappa shape index (κ3) is 3.92. The number of nitrogens with zero attached hydrogens (tertiary/aromatic N) is 1. The highest BCUT2D eigenvalue weighted by Crippen LogP contribution is 2.29. The van der Waals surface area contributed by atoms with Gasteiger partial charge in [0.25, 0.3) is 5.91 Å². The van der Waals surface area contributed by atoms with Crippen LogP contribution in [0.4, 0.5) is 5.69 Å². The van der Waals surface area contributed by atoms with E-state index in [-0.39, 0.29) is 5.91 Å². The Morgan fingerprint density at radius 1 is 1.17 bits per heavy atom. The Kier molecular flexibility index (Phi) is 4.98. The van der Waals surface area contributed by atoms with Crippen LogP contribution < -0.4 is 5.32 Å². The van der Waals surface area contributed by atoms with Gasteiger partial charge in [-0.25, -0.2) is 4.99 Å². The van der Waals surface area contributed by atoms with Gasteiger partial charge in [0.2, 0.25) is 0 Å². The standard InChI is InChI=1S/C18H15BrN2OS/c1-2-13-5-3-4-6-15(13)20-18-21-17(22)16(23-18)11-12-7-9-14(19)10-8-12/h3-11H,2H2,1H3,(H,20,21,22)/b16-11+. The van der Waals surface area contributed by atoms with Gasteiger partial charge >= 0.3 is 0 Å². The zero-order valence-corrected chi connectivity index (χ0v) is 14.9. The number of aliphatic imine (C=N–C) groups is 1. The second-order valence-corrected chi connectivity index (χ2v) is 6.96. The quantitative estimate of drug-likeness (QED) is 0.761. The first-order chi connectivity index (χ1) is 11.2. The number of carbonyl (C=O) groups is 1. The number of halogens is 1. The summed E-state index contributed by atoms with van der Waals surface area (Å²) in [5, 5.41) is 3.46. The molecular formula is C18H15BrN2OS. The lowest BCUT2D eigenvalue weighted by atomic mass is 10.1. The highest BCUT2D eigenvalue weighted by atomic mass is 79.9. The number of hydrogen-bond donors (Lipinski definition) is 1. The van der Waals surface area contributed by atoms with Crippen LogP contribution in [0.25, 0.3) is 6.08 Å². The van der Waals surface area contributed by atoms with Gasteiger partial charge in [0, 0.05) is 4.47 Å². The zero-order valence-electron chi connectivity index (χ0n) is 12.5. The van der Waals surface area contributed by atoms with E-state index in [2.05, 4.69) is 39.2 Å². The number of thioether (sulfide) groups is 1. The van der Waals surface area contributed by atoms with Crippen molar-refractivity contribution in [3.05, 3.63) is 69.0 Å². The number of amides is 1. The van der Waals surface area contributed by atoms with E-state index >= 15 is 0 Å². The van der Waals surface area contributed by atoms with Crippen LogP contribution in [-0.2, 0) is 11.2 Å². The van der Waals surface area contributed by atoms with Gasteiger partial charge in [0.15, 0.2) is 5.17 Å². The van der Waals surface area contributed by atoms with Gasteiger partial charge in [-0.05, 0) is 53.6 Å². The summed E-state index contributed by atoms with van der Waals surface area (Å²) >= 11 is 4.78. The molecule has 0 unspecified atom stereocenters. The number of nitrogens with one attached hydrogen (secondary N) is 1. The van der Waals surface area contributed by atoms with Crippen molar-refractivity contribution in [2.45, 2.75) is 13.3 Å². The predicted molar refractivity (Wildman–Crippen MR) is 101 cm³/mol. The first-order valence-corrected chi connectivity index (χ1v) is 8.89. The van der Waals surface area contributed by atoms with Gasteiger partial charge in [0.05, 0.1) is 10.6 Å². The van der Waals surface area contributed by atoms with Crippen molar-refractivity contribution in [3.63, 3.8) is 0 Å². The molecule has 1 amide bonds. The largest absolute Gasteiger partial charge is 0.300 e. The molecule has 0 aromatic heterocycles. The molecule has 2 aromatic carbocycles. The van der Waals surface area contributed by atoms with Crippen LogP contribution in [0.2, 0.25) is 0 Å². The van der Waals surface area contributed by atoms with Gasteiger partial charge < -0.3 is 5.32 Å². The number of carbonyl (C=O) groups excluding carboxylic acids is 1. The average Bonchev–Trinajstić information content (AvgIpc) is 2.89. The average molecular weight is 387 g/mol. The topological polar surface area (TPSA) is 41.5 Å². The Morgan fingerprint density at radius 2 is 1.91 bits per heavy atom. The molecular weight excluding hydrogens is 372 g/mol. The predicted octanol–water partition coefficient (Wildman–Crippen LogP) is 4.90. The second kappa shape index (κ2) is 7.15. The van der Waals surface area contributed by atoms with Crippen LogP contribution in [0.15, 0.2) is 62.9 Å². The summed E-state index contributed by atoms with van der Waals surface area (Å²) in [6.07, 6.45) is 2.79. The molecule has 0 bridgehead atoms. The molecule has 1 heterocycles. The molecule has 23 heavy (non-hydrogen) atoms. The van der Waals surface area contributed by atoms with E-state index in [1.165, 1.54) is 17.3 Å². The molecule has 1 N–H and O–H groups in total.